The topological polar surface area (TPSA) is 81.7 Å². The number of carbonyl (C=O) groups is 3. The summed E-state index contributed by atoms with van der Waals surface area (Å²) in [5, 5.41) is 2.84. The lowest BCUT2D eigenvalue weighted by Crippen LogP contribution is -2.22. The summed E-state index contributed by atoms with van der Waals surface area (Å²) in [5.74, 6) is -1.53. The van der Waals surface area contributed by atoms with Crippen LogP contribution >= 0.6 is 0 Å². The molecule has 6 nitrogen and oxygen atoms in total. The second kappa shape index (κ2) is 9.52. The number of methoxy groups -OCH3 is 1. The van der Waals surface area contributed by atoms with Crippen molar-refractivity contribution in [3.05, 3.63) is 64.7 Å². The molecule has 0 aliphatic carbocycles. The maximum Gasteiger partial charge on any atom is 0.338 e. The van der Waals surface area contributed by atoms with E-state index in [-0.39, 0.29) is 5.56 Å². The van der Waals surface area contributed by atoms with E-state index in [1.807, 2.05) is 32.0 Å². The minimum atomic E-state index is -0.638. The summed E-state index contributed by atoms with van der Waals surface area (Å²) >= 11 is 0. The van der Waals surface area contributed by atoms with E-state index in [0.29, 0.717) is 5.56 Å². The lowest BCUT2D eigenvalue weighted by molar-refractivity contribution is -0.119. The quantitative estimate of drug-likeness (QED) is 0.757. The molecule has 0 atom stereocenters. The van der Waals surface area contributed by atoms with Crippen LogP contribution in [-0.2, 0) is 27.1 Å². The molecule has 0 radical (unpaired) electrons. The van der Waals surface area contributed by atoms with Crippen molar-refractivity contribution >= 4 is 23.5 Å². The van der Waals surface area contributed by atoms with Crippen LogP contribution in [0.3, 0.4) is 0 Å². The molecule has 0 aromatic heterocycles. The number of ether oxygens (including phenoxy) is 2. The molecule has 6 heteroatoms. The van der Waals surface area contributed by atoms with E-state index in [0.717, 1.165) is 29.7 Å². The van der Waals surface area contributed by atoms with E-state index in [2.05, 4.69) is 10.1 Å². The molecule has 0 aliphatic rings. The number of para-hydroxylation sites is 1. The molecule has 0 saturated heterocycles. The Morgan fingerprint density at radius 2 is 1.37 bits per heavy atom. The molecule has 0 unspecified atom stereocenters. The fraction of sp³-hybridized carbons (Fsp3) is 0.286. The van der Waals surface area contributed by atoms with Crippen LogP contribution in [-0.4, -0.2) is 31.6 Å². The van der Waals surface area contributed by atoms with Crippen molar-refractivity contribution in [2.75, 3.05) is 19.0 Å². The Bertz CT molecular complexity index is 805. The standard InChI is InChI=1S/C21H23NO5/c1-4-14-7-6-8-15(5-2)19(14)22-18(23)13-27-21(25)17-11-9-16(10-12-17)20(24)26-3/h6-12H,4-5,13H2,1-3H3,(H,22,23). The summed E-state index contributed by atoms with van der Waals surface area (Å²) < 4.78 is 9.67. The fourth-order valence-electron chi connectivity index (χ4n) is 2.65. The molecule has 2 aromatic carbocycles. The summed E-state index contributed by atoms with van der Waals surface area (Å²) in [5.41, 5.74) is 3.43. The van der Waals surface area contributed by atoms with E-state index >= 15 is 0 Å². The Morgan fingerprint density at radius 1 is 0.852 bits per heavy atom. The summed E-state index contributed by atoms with van der Waals surface area (Å²) in [7, 11) is 1.28. The third-order valence-corrected chi connectivity index (χ3v) is 4.14. The number of aryl methyl sites for hydroxylation is 2. The van der Waals surface area contributed by atoms with Gasteiger partial charge in [0, 0.05) is 5.69 Å². The van der Waals surface area contributed by atoms with Crippen LogP contribution in [0.15, 0.2) is 42.5 Å². The zero-order valence-corrected chi connectivity index (χ0v) is 15.7. The predicted octanol–water partition coefficient (Wildman–Crippen LogP) is 3.39. The highest BCUT2D eigenvalue weighted by Crippen LogP contribution is 2.22. The fourth-order valence-corrected chi connectivity index (χ4v) is 2.65. The highest BCUT2D eigenvalue weighted by molar-refractivity contribution is 5.97. The zero-order valence-electron chi connectivity index (χ0n) is 15.7. The molecule has 0 bridgehead atoms. The van der Waals surface area contributed by atoms with Gasteiger partial charge in [-0.25, -0.2) is 9.59 Å². The molecule has 0 fully saturated rings. The van der Waals surface area contributed by atoms with Crippen molar-refractivity contribution in [2.45, 2.75) is 26.7 Å². The highest BCUT2D eigenvalue weighted by atomic mass is 16.5. The number of anilines is 1. The van der Waals surface area contributed by atoms with E-state index in [1.165, 1.54) is 31.4 Å². The van der Waals surface area contributed by atoms with Gasteiger partial charge in [0.1, 0.15) is 0 Å². The van der Waals surface area contributed by atoms with Gasteiger partial charge < -0.3 is 14.8 Å². The van der Waals surface area contributed by atoms with E-state index in [9.17, 15) is 14.4 Å². The van der Waals surface area contributed by atoms with Crippen LogP contribution in [0, 0.1) is 0 Å². The van der Waals surface area contributed by atoms with Gasteiger partial charge in [0.15, 0.2) is 6.61 Å². The first-order valence-electron chi connectivity index (χ1n) is 8.76. The van der Waals surface area contributed by atoms with Gasteiger partial charge in [0.25, 0.3) is 5.91 Å². The number of amides is 1. The predicted molar refractivity (Wildman–Crippen MR) is 102 cm³/mol. The molecular weight excluding hydrogens is 346 g/mol. The van der Waals surface area contributed by atoms with Crippen molar-refractivity contribution in [2.24, 2.45) is 0 Å². The Hall–Kier alpha value is -3.15. The molecular formula is C21H23NO5. The third-order valence-electron chi connectivity index (χ3n) is 4.14. The summed E-state index contributed by atoms with van der Waals surface area (Å²) in [4.78, 5) is 35.7. The third kappa shape index (κ3) is 5.17. The molecule has 0 saturated carbocycles. The van der Waals surface area contributed by atoms with Crippen molar-refractivity contribution in [3.63, 3.8) is 0 Å². The average molecular weight is 369 g/mol. The summed E-state index contributed by atoms with van der Waals surface area (Å²) in [6.45, 7) is 3.64. The number of carbonyl (C=O) groups excluding carboxylic acids is 3. The van der Waals surface area contributed by atoms with Crippen LogP contribution in [0.5, 0.6) is 0 Å². The van der Waals surface area contributed by atoms with Gasteiger partial charge in [-0.15, -0.1) is 0 Å². The monoisotopic (exact) mass is 369 g/mol. The molecule has 0 heterocycles. The largest absolute Gasteiger partial charge is 0.465 e. The van der Waals surface area contributed by atoms with Crippen molar-refractivity contribution in [1.82, 2.24) is 0 Å². The zero-order chi connectivity index (χ0) is 19.8. The lowest BCUT2D eigenvalue weighted by atomic mass is 10.0. The number of nitrogens with one attached hydrogen (secondary N) is 1. The molecule has 0 spiro atoms. The van der Waals surface area contributed by atoms with E-state index < -0.39 is 24.5 Å². The van der Waals surface area contributed by atoms with Crippen molar-refractivity contribution in [3.8, 4) is 0 Å². The van der Waals surface area contributed by atoms with Gasteiger partial charge in [0.2, 0.25) is 0 Å². The van der Waals surface area contributed by atoms with Crippen LogP contribution in [0.1, 0.15) is 45.7 Å². The highest BCUT2D eigenvalue weighted by Gasteiger charge is 2.14. The number of esters is 2. The van der Waals surface area contributed by atoms with Crippen LogP contribution in [0.2, 0.25) is 0 Å². The lowest BCUT2D eigenvalue weighted by Gasteiger charge is -2.14. The van der Waals surface area contributed by atoms with Gasteiger partial charge in [-0.2, -0.15) is 0 Å². The Kier molecular flexibility index (Phi) is 7.11. The summed E-state index contributed by atoms with van der Waals surface area (Å²) in [6, 6.07) is 11.7. The SMILES string of the molecule is CCc1cccc(CC)c1NC(=O)COC(=O)c1ccc(C(=O)OC)cc1. The average Bonchev–Trinajstić information content (AvgIpc) is 2.71. The normalized spacial score (nSPS) is 10.2. The van der Waals surface area contributed by atoms with Gasteiger partial charge in [-0.05, 0) is 48.2 Å². The van der Waals surface area contributed by atoms with E-state index in [4.69, 9.17) is 4.74 Å². The first kappa shape index (κ1) is 20.2. The first-order chi connectivity index (χ1) is 13.0. The van der Waals surface area contributed by atoms with Crippen LogP contribution in [0.25, 0.3) is 0 Å². The smallest absolute Gasteiger partial charge is 0.338 e. The van der Waals surface area contributed by atoms with Crippen LogP contribution in [0.4, 0.5) is 5.69 Å². The van der Waals surface area contributed by atoms with Crippen molar-refractivity contribution in [1.29, 1.82) is 0 Å². The van der Waals surface area contributed by atoms with Gasteiger partial charge >= 0.3 is 11.9 Å². The minimum Gasteiger partial charge on any atom is -0.465 e. The number of rotatable bonds is 7. The van der Waals surface area contributed by atoms with Gasteiger partial charge in [-0.1, -0.05) is 32.0 Å². The number of hydrogen-bond acceptors (Lipinski definition) is 5. The summed E-state index contributed by atoms with van der Waals surface area (Å²) in [6.07, 6.45) is 1.57. The Balaban J connectivity index is 1.98. The first-order valence-corrected chi connectivity index (χ1v) is 8.76. The maximum absolute atomic E-state index is 12.2. The van der Waals surface area contributed by atoms with Crippen molar-refractivity contribution < 1.29 is 23.9 Å². The molecule has 1 amide bonds. The molecule has 142 valence electrons. The van der Waals surface area contributed by atoms with Gasteiger partial charge in [0.05, 0.1) is 18.2 Å². The molecule has 2 rings (SSSR count). The second-order valence-electron chi connectivity index (χ2n) is 5.85. The van der Waals surface area contributed by atoms with E-state index in [1.54, 1.807) is 0 Å². The molecule has 2 aromatic rings. The molecule has 27 heavy (non-hydrogen) atoms. The van der Waals surface area contributed by atoms with Gasteiger partial charge in [-0.3, -0.25) is 4.79 Å². The molecule has 1 N–H and O–H groups in total. The second-order valence-corrected chi connectivity index (χ2v) is 5.85. The molecule has 0 aliphatic heterocycles. The van der Waals surface area contributed by atoms with Crippen LogP contribution < -0.4 is 5.32 Å². The Labute approximate surface area is 158 Å². The minimum absolute atomic E-state index is 0.249. The number of benzene rings is 2. The maximum atomic E-state index is 12.2. The Morgan fingerprint density at radius 3 is 1.85 bits per heavy atom. The number of hydrogen-bond donors (Lipinski definition) is 1.